The zero-order valence-corrected chi connectivity index (χ0v) is 10.9. The van der Waals surface area contributed by atoms with Crippen molar-refractivity contribution in [2.24, 2.45) is 5.92 Å². The first kappa shape index (κ1) is 14.3. The Balaban J connectivity index is 0.00000144. The van der Waals surface area contributed by atoms with Crippen LogP contribution in [0.3, 0.4) is 0 Å². The van der Waals surface area contributed by atoms with Gasteiger partial charge in [0, 0.05) is 12.5 Å². The van der Waals surface area contributed by atoms with Gasteiger partial charge < -0.3 is 10.1 Å². The van der Waals surface area contributed by atoms with E-state index in [9.17, 15) is 4.39 Å². The molecule has 1 aliphatic rings. The second-order valence-corrected chi connectivity index (χ2v) is 4.46. The third kappa shape index (κ3) is 4.17. The molecule has 1 heterocycles. The Kier molecular flexibility index (Phi) is 5.72. The van der Waals surface area contributed by atoms with Gasteiger partial charge in [-0.25, -0.2) is 4.39 Å². The molecule has 4 heteroatoms. The molecule has 1 N–H and O–H groups in total. The summed E-state index contributed by atoms with van der Waals surface area (Å²) < 4.78 is 19.0. The molecule has 0 spiro atoms. The summed E-state index contributed by atoms with van der Waals surface area (Å²) in [5.41, 5.74) is 0.921. The smallest absolute Gasteiger partial charge is 0.165 e. The number of hydrogen-bond donors (Lipinski definition) is 1. The van der Waals surface area contributed by atoms with Crippen molar-refractivity contribution < 1.29 is 9.13 Å². The maximum absolute atomic E-state index is 13.5. The molecular formula is C13H19ClFNO. The molecule has 1 saturated heterocycles. The number of nitrogens with one attached hydrogen (secondary N) is 1. The van der Waals surface area contributed by atoms with Crippen molar-refractivity contribution in [1.29, 1.82) is 0 Å². The molecule has 0 radical (unpaired) electrons. The van der Waals surface area contributed by atoms with E-state index < -0.39 is 0 Å². The molecule has 1 unspecified atom stereocenters. The molecule has 1 fully saturated rings. The summed E-state index contributed by atoms with van der Waals surface area (Å²) in [4.78, 5) is 0. The van der Waals surface area contributed by atoms with Gasteiger partial charge in [0.2, 0.25) is 0 Å². The Hall–Kier alpha value is -0.800. The van der Waals surface area contributed by atoms with Crippen LogP contribution in [0.5, 0.6) is 5.75 Å². The van der Waals surface area contributed by atoms with E-state index in [4.69, 9.17) is 4.74 Å². The highest BCUT2D eigenvalue weighted by Crippen LogP contribution is 2.19. The minimum Gasteiger partial charge on any atom is -0.490 e. The van der Waals surface area contributed by atoms with Crippen LogP contribution in [0.25, 0.3) is 0 Å². The quantitative estimate of drug-likeness (QED) is 0.901. The number of ether oxygens (including phenoxy) is 1. The van der Waals surface area contributed by atoms with Crippen LogP contribution in [-0.4, -0.2) is 19.7 Å². The Bertz CT molecular complexity index is 353. The van der Waals surface area contributed by atoms with Crippen LogP contribution in [0.2, 0.25) is 0 Å². The molecule has 0 aromatic heterocycles. The van der Waals surface area contributed by atoms with Crippen LogP contribution in [0.1, 0.15) is 18.4 Å². The van der Waals surface area contributed by atoms with Gasteiger partial charge in [-0.05, 0) is 44.0 Å². The number of rotatable bonds is 3. The molecule has 0 aliphatic carbocycles. The Morgan fingerprint density at radius 3 is 2.94 bits per heavy atom. The van der Waals surface area contributed by atoms with Crippen LogP contribution < -0.4 is 10.1 Å². The van der Waals surface area contributed by atoms with E-state index in [0.29, 0.717) is 18.3 Å². The van der Waals surface area contributed by atoms with Gasteiger partial charge in [-0.2, -0.15) is 0 Å². The monoisotopic (exact) mass is 259 g/mol. The summed E-state index contributed by atoms with van der Waals surface area (Å²) in [7, 11) is 0. The van der Waals surface area contributed by atoms with Gasteiger partial charge in [0.15, 0.2) is 11.6 Å². The summed E-state index contributed by atoms with van der Waals surface area (Å²) in [6.45, 7) is 4.55. The molecule has 1 aliphatic heterocycles. The molecule has 96 valence electrons. The molecule has 0 bridgehead atoms. The fraction of sp³-hybridized carbons (Fsp3) is 0.538. The van der Waals surface area contributed by atoms with E-state index in [1.807, 2.05) is 13.0 Å². The van der Waals surface area contributed by atoms with Crippen molar-refractivity contribution >= 4 is 12.4 Å². The minimum absolute atomic E-state index is 0. The lowest BCUT2D eigenvalue weighted by atomic mass is 10.0. The van der Waals surface area contributed by atoms with Crippen molar-refractivity contribution in [3.63, 3.8) is 0 Å². The van der Waals surface area contributed by atoms with Crippen molar-refractivity contribution in [2.45, 2.75) is 19.8 Å². The fourth-order valence-electron chi connectivity index (χ4n) is 2.00. The first-order valence-corrected chi connectivity index (χ1v) is 5.85. The van der Waals surface area contributed by atoms with Crippen LogP contribution in [-0.2, 0) is 0 Å². The Morgan fingerprint density at radius 1 is 1.47 bits per heavy atom. The van der Waals surface area contributed by atoms with Gasteiger partial charge in [0.1, 0.15) is 0 Å². The van der Waals surface area contributed by atoms with Crippen molar-refractivity contribution in [1.82, 2.24) is 5.32 Å². The average molecular weight is 260 g/mol. The summed E-state index contributed by atoms with van der Waals surface area (Å²) in [5.74, 6) is 0.620. The second kappa shape index (κ2) is 6.82. The van der Waals surface area contributed by atoms with E-state index in [0.717, 1.165) is 18.7 Å². The number of aryl methyl sites for hydroxylation is 1. The number of piperidine rings is 1. The maximum Gasteiger partial charge on any atom is 0.165 e. The molecule has 1 atom stereocenters. The zero-order valence-electron chi connectivity index (χ0n) is 10.0. The minimum atomic E-state index is -0.260. The third-order valence-corrected chi connectivity index (χ3v) is 2.96. The fourth-order valence-corrected chi connectivity index (χ4v) is 2.00. The van der Waals surface area contributed by atoms with E-state index in [1.54, 1.807) is 6.07 Å². The molecule has 2 rings (SSSR count). The first-order chi connectivity index (χ1) is 7.75. The van der Waals surface area contributed by atoms with E-state index in [1.165, 1.54) is 18.9 Å². The molecule has 17 heavy (non-hydrogen) atoms. The first-order valence-electron chi connectivity index (χ1n) is 5.85. The predicted octanol–water partition coefficient (Wildman–Crippen LogP) is 2.93. The van der Waals surface area contributed by atoms with Gasteiger partial charge in [-0.15, -0.1) is 12.4 Å². The summed E-state index contributed by atoms with van der Waals surface area (Å²) in [6, 6.07) is 5.09. The summed E-state index contributed by atoms with van der Waals surface area (Å²) >= 11 is 0. The van der Waals surface area contributed by atoms with E-state index in [2.05, 4.69) is 5.32 Å². The van der Waals surface area contributed by atoms with Gasteiger partial charge in [-0.1, -0.05) is 6.07 Å². The largest absolute Gasteiger partial charge is 0.490 e. The average Bonchev–Trinajstić information content (AvgIpc) is 2.29. The van der Waals surface area contributed by atoms with Gasteiger partial charge in [0.25, 0.3) is 0 Å². The van der Waals surface area contributed by atoms with Crippen molar-refractivity contribution in [3.05, 3.63) is 29.6 Å². The summed E-state index contributed by atoms with van der Waals surface area (Å²) in [5, 5.41) is 3.32. The van der Waals surface area contributed by atoms with Crippen LogP contribution in [0.15, 0.2) is 18.2 Å². The molecule has 1 aromatic carbocycles. The number of hydrogen-bond acceptors (Lipinski definition) is 2. The van der Waals surface area contributed by atoms with Gasteiger partial charge in [-0.3, -0.25) is 0 Å². The van der Waals surface area contributed by atoms with Crippen molar-refractivity contribution in [2.75, 3.05) is 19.7 Å². The maximum atomic E-state index is 13.5. The van der Waals surface area contributed by atoms with Gasteiger partial charge in [0.05, 0.1) is 6.61 Å². The molecular weight excluding hydrogens is 241 g/mol. The highest BCUT2D eigenvalue weighted by molar-refractivity contribution is 5.85. The van der Waals surface area contributed by atoms with E-state index in [-0.39, 0.29) is 18.2 Å². The lowest BCUT2D eigenvalue weighted by Gasteiger charge is -2.22. The second-order valence-electron chi connectivity index (χ2n) is 4.46. The van der Waals surface area contributed by atoms with E-state index >= 15 is 0 Å². The van der Waals surface area contributed by atoms with Crippen LogP contribution >= 0.6 is 12.4 Å². The normalized spacial score (nSPS) is 19.5. The zero-order chi connectivity index (χ0) is 11.4. The molecule has 2 nitrogen and oxygen atoms in total. The SMILES string of the molecule is Cc1ccc(OCC2CCCNC2)c(F)c1.Cl. The summed E-state index contributed by atoms with van der Waals surface area (Å²) in [6.07, 6.45) is 2.35. The molecule has 1 aromatic rings. The predicted molar refractivity (Wildman–Crippen MR) is 69.5 cm³/mol. The molecule has 0 saturated carbocycles. The van der Waals surface area contributed by atoms with Crippen molar-refractivity contribution in [3.8, 4) is 5.75 Å². The number of benzene rings is 1. The van der Waals surface area contributed by atoms with Crippen LogP contribution in [0.4, 0.5) is 4.39 Å². The standard InChI is InChI=1S/C13H18FNO.ClH/c1-10-4-5-13(12(14)7-10)16-9-11-3-2-6-15-8-11;/h4-5,7,11,15H,2-3,6,8-9H2,1H3;1H. The van der Waals surface area contributed by atoms with Crippen LogP contribution in [0, 0.1) is 18.7 Å². The Morgan fingerprint density at radius 2 is 2.29 bits per heavy atom. The highest BCUT2D eigenvalue weighted by Gasteiger charge is 2.14. The Labute approximate surface area is 108 Å². The third-order valence-electron chi connectivity index (χ3n) is 2.96. The lowest BCUT2D eigenvalue weighted by Crippen LogP contribution is -2.33. The molecule has 0 amide bonds. The topological polar surface area (TPSA) is 21.3 Å². The lowest BCUT2D eigenvalue weighted by molar-refractivity contribution is 0.211. The number of halogens is 2. The van der Waals surface area contributed by atoms with Gasteiger partial charge >= 0.3 is 0 Å². The highest BCUT2D eigenvalue weighted by atomic mass is 35.5.